The van der Waals surface area contributed by atoms with Gasteiger partial charge in [0.25, 0.3) is 5.91 Å². The Morgan fingerprint density at radius 2 is 1.86 bits per heavy atom. The number of carbonyl (C=O) groups excluding carboxylic acids is 3. The number of hydrogen-bond donors (Lipinski definition) is 1. The van der Waals surface area contributed by atoms with Gasteiger partial charge in [0.05, 0.1) is 22.9 Å². The fourth-order valence-electron chi connectivity index (χ4n) is 2.84. The van der Waals surface area contributed by atoms with E-state index in [1.54, 1.807) is 37.4 Å². The lowest BCUT2D eigenvalue weighted by molar-refractivity contribution is -0.151. The average Bonchev–Trinajstić information content (AvgIpc) is 3.02. The fourth-order valence-corrected chi connectivity index (χ4v) is 3.16. The van der Waals surface area contributed by atoms with Gasteiger partial charge in [-0.15, -0.1) is 0 Å². The van der Waals surface area contributed by atoms with Crippen molar-refractivity contribution >= 4 is 46.7 Å². The molecule has 0 unspecified atom stereocenters. The highest BCUT2D eigenvalue weighted by atomic mass is 35.5. The van der Waals surface area contributed by atoms with Crippen molar-refractivity contribution in [2.24, 2.45) is 0 Å². The molecule has 2 aromatic rings. The summed E-state index contributed by atoms with van der Waals surface area (Å²) in [7, 11) is 1.61. The third-order valence-corrected chi connectivity index (χ3v) is 5.07. The molecule has 6 nitrogen and oxygen atoms in total. The maximum absolute atomic E-state index is 12.2. The molecule has 3 rings (SSSR count). The van der Waals surface area contributed by atoms with Crippen molar-refractivity contribution in [2.45, 2.75) is 19.4 Å². The Bertz CT molecular complexity index is 946. The Labute approximate surface area is 172 Å². The Balaban J connectivity index is 1.48. The molecule has 0 fully saturated rings. The SMILES string of the molecule is CN(Cc1ccc(Cl)c(Cl)c1)C(=O)COC(=O)Cc1ccc2c(c1)NC(=O)C2. The average molecular weight is 421 g/mol. The highest BCUT2D eigenvalue weighted by Gasteiger charge is 2.19. The van der Waals surface area contributed by atoms with Crippen LogP contribution in [0.3, 0.4) is 0 Å². The van der Waals surface area contributed by atoms with Crippen LogP contribution in [0, 0.1) is 0 Å². The number of nitrogens with zero attached hydrogens (tertiary/aromatic N) is 1. The zero-order valence-corrected chi connectivity index (χ0v) is 16.6. The first-order valence-corrected chi connectivity index (χ1v) is 9.32. The van der Waals surface area contributed by atoms with Crippen LogP contribution in [0.2, 0.25) is 10.0 Å². The zero-order chi connectivity index (χ0) is 20.3. The summed E-state index contributed by atoms with van der Waals surface area (Å²) in [6.07, 6.45) is 0.368. The topological polar surface area (TPSA) is 75.7 Å². The molecule has 2 aromatic carbocycles. The lowest BCUT2D eigenvalue weighted by atomic mass is 10.1. The van der Waals surface area contributed by atoms with Gasteiger partial charge in [-0.25, -0.2) is 0 Å². The molecule has 0 radical (unpaired) electrons. The Hall–Kier alpha value is -2.57. The zero-order valence-electron chi connectivity index (χ0n) is 15.1. The number of halogens is 2. The largest absolute Gasteiger partial charge is 0.455 e. The first-order chi connectivity index (χ1) is 13.3. The van der Waals surface area contributed by atoms with E-state index in [0.29, 0.717) is 34.3 Å². The highest BCUT2D eigenvalue weighted by molar-refractivity contribution is 6.42. The molecule has 146 valence electrons. The van der Waals surface area contributed by atoms with Crippen LogP contribution in [0.25, 0.3) is 0 Å². The Kier molecular flexibility index (Phi) is 6.21. The standard InChI is InChI=1S/C20H18Cl2N2O4/c1-24(10-13-3-5-15(21)16(22)6-13)19(26)11-28-20(27)8-12-2-4-14-9-18(25)23-17(14)7-12/h2-7H,8-11H2,1H3,(H,23,25). The third kappa shape index (κ3) is 5.03. The smallest absolute Gasteiger partial charge is 0.310 e. The number of hydrogen-bond acceptors (Lipinski definition) is 4. The van der Waals surface area contributed by atoms with Crippen LogP contribution < -0.4 is 5.32 Å². The van der Waals surface area contributed by atoms with Gasteiger partial charge in [0.2, 0.25) is 5.91 Å². The van der Waals surface area contributed by atoms with Crippen LogP contribution in [-0.4, -0.2) is 36.3 Å². The predicted octanol–water partition coefficient (Wildman–Crippen LogP) is 3.23. The summed E-state index contributed by atoms with van der Waals surface area (Å²) in [5, 5.41) is 3.60. The Morgan fingerprint density at radius 1 is 1.11 bits per heavy atom. The van der Waals surface area contributed by atoms with Crippen molar-refractivity contribution in [2.75, 3.05) is 19.0 Å². The molecule has 28 heavy (non-hydrogen) atoms. The number of rotatable bonds is 6. The monoisotopic (exact) mass is 420 g/mol. The maximum atomic E-state index is 12.2. The van der Waals surface area contributed by atoms with E-state index in [2.05, 4.69) is 5.32 Å². The summed E-state index contributed by atoms with van der Waals surface area (Å²) in [6, 6.07) is 10.5. The molecule has 1 aliphatic rings. The van der Waals surface area contributed by atoms with Crippen LogP contribution >= 0.6 is 23.2 Å². The second-order valence-electron chi connectivity index (χ2n) is 6.55. The van der Waals surface area contributed by atoms with Gasteiger partial charge in [0.1, 0.15) is 0 Å². The second-order valence-corrected chi connectivity index (χ2v) is 7.37. The number of carbonyl (C=O) groups is 3. The van der Waals surface area contributed by atoms with Gasteiger partial charge in [-0.05, 0) is 34.9 Å². The summed E-state index contributed by atoms with van der Waals surface area (Å²) in [6.45, 7) is -0.0316. The molecule has 0 bridgehead atoms. The Morgan fingerprint density at radius 3 is 2.61 bits per heavy atom. The summed E-state index contributed by atoms with van der Waals surface area (Å²) in [5.74, 6) is -0.911. The van der Waals surface area contributed by atoms with Crippen LogP contribution in [0.1, 0.15) is 16.7 Å². The van der Waals surface area contributed by atoms with Crippen molar-refractivity contribution in [3.05, 3.63) is 63.1 Å². The van der Waals surface area contributed by atoms with Crippen LogP contribution in [-0.2, 0) is 38.5 Å². The molecule has 0 atom stereocenters. The van der Waals surface area contributed by atoms with E-state index < -0.39 is 5.97 Å². The normalized spacial score (nSPS) is 12.3. The second kappa shape index (κ2) is 8.63. The number of esters is 1. The van der Waals surface area contributed by atoms with E-state index >= 15 is 0 Å². The van der Waals surface area contributed by atoms with Crippen LogP contribution in [0.15, 0.2) is 36.4 Å². The molecule has 0 saturated carbocycles. The van der Waals surface area contributed by atoms with Crippen LogP contribution in [0.5, 0.6) is 0 Å². The van der Waals surface area contributed by atoms with E-state index in [-0.39, 0.29) is 24.8 Å². The van der Waals surface area contributed by atoms with Gasteiger partial charge in [-0.2, -0.15) is 0 Å². The lowest BCUT2D eigenvalue weighted by Crippen LogP contribution is -2.31. The minimum Gasteiger partial charge on any atom is -0.455 e. The van der Waals surface area contributed by atoms with Crippen molar-refractivity contribution < 1.29 is 19.1 Å². The molecule has 1 heterocycles. The number of likely N-dealkylation sites (N-methyl/N-ethyl adjacent to an activating group) is 1. The number of fused-ring (bicyclic) bond motifs is 1. The van der Waals surface area contributed by atoms with Gasteiger partial charge in [-0.1, -0.05) is 41.4 Å². The summed E-state index contributed by atoms with van der Waals surface area (Å²) in [5.41, 5.74) is 3.15. The molecule has 1 aliphatic heterocycles. The summed E-state index contributed by atoms with van der Waals surface area (Å²) < 4.78 is 5.09. The minimum absolute atomic E-state index is 0.0208. The number of ether oxygens (including phenoxy) is 1. The van der Waals surface area contributed by atoms with Gasteiger partial charge in [-0.3, -0.25) is 14.4 Å². The van der Waals surface area contributed by atoms with Crippen molar-refractivity contribution in [1.29, 1.82) is 0 Å². The molecular weight excluding hydrogens is 403 g/mol. The number of nitrogens with one attached hydrogen (secondary N) is 1. The molecule has 2 amide bonds. The van der Waals surface area contributed by atoms with E-state index in [1.165, 1.54) is 4.90 Å². The molecule has 0 saturated heterocycles. The van der Waals surface area contributed by atoms with Crippen molar-refractivity contribution in [1.82, 2.24) is 4.90 Å². The summed E-state index contributed by atoms with van der Waals surface area (Å²) in [4.78, 5) is 37.0. The first-order valence-electron chi connectivity index (χ1n) is 8.57. The molecule has 0 aromatic heterocycles. The molecule has 8 heteroatoms. The number of benzene rings is 2. The van der Waals surface area contributed by atoms with Crippen LogP contribution in [0.4, 0.5) is 5.69 Å². The number of anilines is 1. The third-order valence-electron chi connectivity index (χ3n) is 4.33. The highest BCUT2D eigenvalue weighted by Crippen LogP contribution is 2.24. The maximum Gasteiger partial charge on any atom is 0.310 e. The van der Waals surface area contributed by atoms with Crippen molar-refractivity contribution in [3.63, 3.8) is 0 Å². The molecular formula is C20H18Cl2N2O4. The van der Waals surface area contributed by atoms with E-state index in [9.17, 15) is 14.4 Å². The summed E-state index contributed by atoms with van der Waals surface area (Å²) >= 11 is 11.9. The lowest BCUT2D eigenvalue weighted by Gasteiger charge is -2.17. The fraction of sp³-hybridized carbons (Fsp3) is 0.250. The molecule has 0 aliphatic carbocycles. The number of amides is 2. The predicted molar refractivity (Wildman–Crippen MR) is 106 cm³/mol. The minimum atomic E-state index is -0.513. The quantitative estimate of drug-likeness (QED) is 0.727. The van der Waals surface area contributed by atoms with Gasteiger partial charge < -0.3 is 15.0 Å². The van der Waals surface area contributed by atoms with Crippen molar-refractivity contribution in [3.8, 4) is 0 Å². The van der Waals surface area contributed by atoms with E-state index in [0.717, 1.165) is 11.1 Å². The molecule has 0 spiro atoms. The first kappa shape index (κ1) is 20.2. The van der Waals surface area contributed by atoms with E-state index in [1.807, 2.05) is 6.07 Å². The van der Waals surface area contributed by atoms with Gasteiger partial charge in [0, 0.05) is 19.3 Å². The van der Waals surface area contributed by atoms with Gasteiger partial charge >= 0.3 is 5.97 Å². The molecule has 1 N–H and O–H groups in total. The van der Waals surface area contributed by atoms with Gasteiger partial charge in [0.15, 0.2) is 6.61 Å². The van der Waals surface area contributed by atoms with E-state index in [4.69, 9.17) is 27.9 Å².